The Morgan fingerprint density at radius 2 is 1.94 bits per heavy atom. The molecule has 0 aliphatic carbocycles. The molecule has 1 aromatic rings. The van der Waals surface area contributed by atoms with Crippen molar-refractivity contribution in [3.05, 3.63) is 35.4 Å². The fourth-order valence-electron chi connectivity index (χ4n) is 1.15. The van der Waals surface area contributed by atoms with E-state index in [1.54, 1.807) is 0 Å². The van der Waals surface area contributed by atoms with Gasteiger partial charge in [0.05, 0.1) is 11.3 Å². The number of alkyl halides is 3. The fraction of sp³-hybridized carbons (Fsp3) is 0.273. The molecule has 0 unspecified atom stereocenters. The Hall–Kier alpha value is -1.85. The van der Waals surface area contributed by atoms with Gasteiger partial charge in [-0.3, -0.25) is 4.79 Å². The molecule has 1 aromatic carbocycles. The predicted octanol–water partition coefficient (Wildman–Crippen LogP) is 2.57. The number of hydrazone groups is 1. The largest absolute Gasteiger partial charge is 0.416 e. The first kappa shape index (κ1) is 13.2. The fourth-order valence-corrected chi connectivity index (χ4v) is 1.15. The van der Waals surface area contributed by atoms with Crippen LogP contribution in [-0.2, 0) is 11.0 Å². The van der Waals surface area contributed by atoms with Crippen LogP contribution in [-0.4, -0.2) is 11.6 Å². The first-order valence-electron chi connectivity index (χ1n) is 4.79. The summed E-state index contributed by atoms with van der Waals surface area (Å²) in [6.07, 6.45) is -4.38. The lowest BCUT2D eigenvalue weighted by molar-refractivity contribution is -0.137. The molecule has 0 aliphatic rings. The number of carbonyl (C=O) groups is 1. The number of halogens is 3. The number of rotatable bonds is 2. The number of nitrogens with one attached hydrogen (secondary N) is 1. The second-order valence-corrected chi connectivity index (χ2v) is 3.44. The van der Waals surface area contributed by atoms with Gasteiger partial charge in [0.15, 0.2) is 0 Å². The Labute approximate surface area is 96.3 Å². The second-order valence-electron chi connectivity index (χ2n) is 3.44. The standard InChI is InChI=1S/C11H11F3N2O/c1-7(15-16-8(2)17)9-4-3-5-10(6-9)11(12,13)14/h3-6H,1-2H3,(H,16,17)/b15-7+. The van der Waals surface area contributed by atoms with E-state index < -0.39 is 11.7 Å². The number of hydrogen-bond acceptors (Lipinski definition) is 2. The van der Waals surface area contributed by atoms with Gasteiger partial charge in [0.25, 0.3) is 0 Å². The average molecular weight is 244 g/mol. The zero-order chi connectivity index (χ0) is 13.1. The number of hydrogen-bond donors (Lipinski definition) is 1. The van der Waals surface area contributed by atoms with Crippen LogP contribution in [0.2, 0.25) is 0 Å². The summed E-state index contributed by atoms with van der Waals surface area (Å²) < 4.78 is 37.3. The van der Waals surface area contributed by atoms with Gasteiger partial charge >= 0.3 is 6.18 Å². The SMILES string of the molecule is CC(=O)N/N=C(\C)c1cccc(C(F)(F)F)c1. The van der Waals surface area contributed by atoms with Crippen molar-refractivity contribution in [2.75, 3.05) is 0 Å². The van der Waals surface area contributed by atoms with Crippen molar-refractivity contribution in [2.24, 2.45) is 5.10 Å². The molecule has 0 spiro atoms. The lowest BCUT2D eigenvalue weighted by Crippen LogP contribution is -2.15. The van der Waals surface area contributed by atoms with E-state index in [1.807, 2.05) is 0 Å². The summed E-state index contributed by atoms with van der Waals surface area (Å²) in [6.45, 7) is 2.79. The molecule has 6 heteroatoms. The summed E-state index contributed by atoms with van der Waals surface area (Å²) in [6, 6.07) is 4.76. The van der Waals surface area contributed by atoms with Crippen LogP contribution < -0.4 is 5.43 Å². The lowest BCUT2D eigenvalue weighted by Gasteiger charge is -2.08. The number of carbonyl (C=O) groups excluding carboxylic acids is 1. The highest BCUT2D eigenvalue weighted by Crippen LogP contribution is 2.29. The van der Waals surface area contributed by atoms with Crippen LogP contribution in [0.25, 0.3) is 0 Å². The van der Waals surface area contributed by atoms with Crippen LogP contribution in [0.1, 0.15) is 25.0 Å². The molecule has 0 radical (unpaired) electrons. The molecule has 92 valence electrons. The van der Waals surface area contributed by atoms with Gasteiger partial charge in [-0.2, -0.15) is 18.3 Å². The van der Waals surface area contributed by atoms with Gasteiger partial charge in [-0.1, -0.05) is 12.1 Å². The molecule has 1 N–H and O–H groups in total. The minimum Gasteiger partial charge on any atom is -0.274 e. The van der Waals surface area contributed by atoms with Crippen molar-refractivity contribution in [3.63, 3.8) is 0 Å². The Kier molecular flexibility index (Phi) is 3.88. The molecule has 0 atom stereocenters. The van der Waals surface area contributed by atoms with Crippen molar-refractivity contribution in [2.45, 2.75) is 20.0 Å². The topological polar surface area (TPSA) is 41.5 Å². The molecule has 0 saturated carbocycles. The van der Waals surface area contributed by atoms with E-state index in [1.165, 1.54) is 26.0 Å². The van der Waals surface area contributed by atoms with E-state index >= 15 is 0 Å². The van der Waals surface area contributed by atoms with E-state index in [9.17, 15) is 18.0 Å². The van der Waals surface area contributed by atoms with Crippen LogP contribution in [0.5, 0.6) is 0 Å². The van der Waals surface area contributed by atoms with Crippen molar-refractivity contribution in [1.29, 1.82) is 0 Å². The molecule has 0 aromatic heterocycles. The Balaban J connectivity index is 3.00. The Morgan fingerprint density at radius 3 is 2.47 bits per heavy atom. The molecular formula is C11H11F3N2O. The van der Waals surface area contributed by atoms with Crippen molar-refractivity contribution < 1.29 is 18.0 Å². The average Bonchev–Trinajstić information content (AvgIpc) is 2.25. The third kappa shape index (κ3) is 3.90. The summed E-state index contributed by atoms with van der Waals surface area (Å²) in [5.74, 6) is -0.378. The van der Waals surface area contributed by atoms with Crippen LogP contribution in [0, 0.1) is 0 Å². The quantitative estimate of drug-likeness (QED) is 0.630. The summed E-state index contributed by atoms with van der Waals surface area (Å²) in [7, 11) is 0. The third-order valence-electron chi connectivity index (χ3n) is 1.99. The van der Waals surface area contributed by atoms with Crippen molar-refractivity contribution in [1.82, 2.24) is 5.43 Å². The smallest absolute Gasteiger partial charge is 0.274 e. The molecule has 17 heavy (non-hydrogen) atoms. The first-order valence-corrected chi connectivity index (χ1v) is 4.79. The highest BCUT2D eigenvalue weighted by atomic mass is 19.4. The number of amides is 1. The van der Waals surface area contributed by atoms with Crippen LogP contribution in [0.3, 0.4) is 0 Å². The molecular weight excluding hydrogens is 233 g/mol. The minimum absolute atomic E-state index is 0.311. The summed E-state index contributed by atoms with van der Waals surface area (Å²) >= 11 is 0. The van der Waals surface area contributed by atoms with E-state index in [0.29, 0.717) is 11.3 Å². The first-order chi connectivity index (χ1) is 7.80. The second kappa shape index (κ2) is 4.99. The Morgan fingerprint density at radius 1 is 1.29 bits per heavy atom. The lowest BCUT2D eigenvalue weighted by atomic mass is 10.1. The monoisotopic (exact) mass is 244 g/mol. The van der Waals surface area contributed by atoms with Crippen molar-refractivity contribution in [3.8, 4) is 0 Å². The van der Waals surface area contributed by atoms with E-state index in [2.05, 4.69) is 10.5 Å². The molecule has 0 bridgehead atoms. The van der Waals surface area contributed by atoms with Crippen LogP contribution in [0.4, 0.5) is 13.2 Å². The van der Waals surface area contributed by atoms with Gasteiger partial charge in [0, 0.05) is 6.92 Å². The summed E-state index contributed by atoms with van der Waals surface area (Å²) in [5, 5.41) is 3.67. The minimum atomic E-state index is -4.38. The molecule has 0 fully saturated rings. The zero-order valence-corrected chi connectivity index (χ0v) is 9.30. The maximum atomic E-state index is 12.4. The maximum absolute atomic E-state index is 12.4. The van der Waals surface area contributed by atoms with E-state index in [4.69, 9.17) is 0 Å². The van der Waals surface area contributed by atoms with E-state index in [-0.39, 0.29) is 5.91 Å². The zero-order valence-electron chi connectivity index (χ0n) is 9.30. The summed E-state index contributed by atoms with van der Waals surface area (Å²) in [5.41, 5.74) is 2.05. The molecule has 0 saturated heterocycles. The highest BCUT2D eigenvalue weighted by molar-refractivity contribution is 5.99. The normalized spacial score (nSPS) is 12.4. The van der Waals surface area contributed by atoms with E-state index in [0.717, 1.165) is 12.1 Å². The van der Waals surface area contributed by atoms with Gasteiger partial charge in [-0.05, 0) is 24.6 Å². The number of nitrogens with zero attached hydrogens (tertiary/aromatic N) is 1. The van der Waals surface area contributed by atoms with Crippen molar-refractivity contribution >= 4 is 11.6 Å². The molecule has 0 aliphatic heterocycles. The maximum Gasteiger partial charge on any atom is 0.416 e. The Bertz CT molecular complexity index is 452. The van der Waals surface area contributed by atoms with Gasteiger partial charge in [0.1, 0.15) is 0 Å². The van der Waals surface area contributed by atoms with Gasteiger partial charge in [-0.15, -0.1) is 0 Å². The molecule has 3 nitrogen and oxygen atoms in total. The van der Waals surface area contributed by atoms with Gasteiger partial charge < -0.3 is 0 Å². The molecule has 1 rings (SSSR count). The molecule has 1 amide bonds. The highest BCUT2D eigenvalue weighted by Gasteiger charge is 2.30. The number of benzene rings is 1. The van der Waals surface area contributed by atoms with Gasteiger partial charge in [-0.25, -0.2) is 5.43 Å². The van der Waals surface area contributed by atoms with Gasteiger partial charge in [0.2, 0.25) is 5.91 Å². The predicted molar refractivity (Wildman–Crippen MR) is 57.5 cm³/mol. The van der Waals surface area contributed by atoms with Crippen LogP contribution in [0.15, 0.2) is 29.4 Å². The third-order valence-corrected chi connectivity index (χ3v) is 1.99. The molecule has 0 heterocycles. The van der Waals surface area contributed by atoms with Crippen LogP contribution >= 0.6 is 0 Å². The summed E-state index contributed by atoms with van der Waals surface area (Å²) in [4.78, 5) is 10.6.